The highest BCUT2D eigenvalue weighted by molar-refractivity contribution is 5.26. The zero-order chi connectivity index (χ0) is 12.3. The van der Waals surface area contributed by atoms with Gasteiger partial charge in [0.15, 0.2) is 0 Å². The summed E-state index contributed by atoms with van der Waals surface area (Å²) in [5.41, 5.74) is 9.64. The van der Waals surface area contributed by atoms with Gasteiger partial charge in [0.2, 0.25) is 0 Å². The number of nitrogens with two attached hydrogens (primary N) is 1. The van der Waals surface area contributed by atoms with Gasteiger partial charge in [-0.1, -0.05) is 44.2 Å². The first-order valence-electron chi connectivity index (χ1n) is 6.14. The fourth-order valence-corrected chi connectivity index (χ4v) is 2.02. The fraction of sp³-hybridized carbons (Fsp3) is 0.357. The van der Waals surface area contributed by atoms with Crippen LogP contribution in [0.1, 0.15) is 42.7 Å². The van der Waals surface area contributed by atoms with Crippen LogP contribution in [0.15, 0.2) is 30.3 Å². The first kappa shape index (κ1) is 11.9. The molecule has 3 heteroatoms. The average Bonchev–Trinajstić information content (AvgIpc) is 2.82. The van der Waals surface area contributed by atoms with Crippen LogP contribution >= 0.6 is 0 Å². The molecule has 90 valence electrons. The molecule has 1 heterocycles. The van der Waals surface area contributed by atoms with E-state index in [1.54, 1.807) is 0 Å². The highest BCUT2D eigenvalue weighted by atomic mass is 15.0. The number of aromatic nitrogens is 2. The second kappa shape index (κ2) is 5.15. The average molecular weight is 229 g/mol. The van der Waals surface area contributed by atoms with Crippen LogP contribution in [0.3, 0.4) is 0 Å². The summed E-state index contributed by atoms with van der Waals surface area (Å²) in [6.45, 7) is 4.25. The van der Waals surface area contributed by atoms with Gasteiger partial charge in [0.1, 0.15) is 5.82 Å². The SMILES string of the molecule is CCc1nc([C@H](N)c2ccccc2)[nH]c1CC. The molecule has 2 rings (SSSR count). The molecule has 0 aliphatic carbocycles. The summed E-state index contributed by atoms with van der Waals surface area (Å²) in [7, 11) is 0. The minimum absolute atomic E-state index is 0.165. The van der Waals surface area contributed by atoms with E-state index in [1.165, 1.54) is 5.69 Å². The topological polar surface area (TPSA) is 54.7 Å². The highest BCUT2D eigenvalue weighted by Gasteiger charge is 2.14. The number of H-pyrrole nitrogens is 1. The van der Waals surface area contributed by atoms with Crippen molar-refractivity contribution in [3.05, 3.63) is 53.1 Å². The molecule has 0 amide bonds. The van der Waals surface area contributed by atoms with E-state index < -0.39 is 0 Å². The van der Waals surface area contributed by atoms with Crippen molar-refractivity contribution in [1.82, 2.24) is 9.97 Å². The Morgan fingerprint density at radius 1 is 1.18 bits per heavy atom. The van der Waals surface area contributed by atoms with Crippen LogP contribution in [0.25, 0.3) is 0 Å². The molecule has 0 bridgehead atoms. The summed E-state index contributed by atoms with van der Waals surface area (Å²) in [5.74, 6) is 0.866. The minimum atomic E-state index is -0.165. The van der Waals surface area contributed by atoms with Crippen LogP contribution in [0.2, 0.25) is 0 Å². The Hall–Kier alpha value is -1.61. The molecular weight excluding hydrogens is 210 g/mol. The van der Waals surface area contributed by atoms with Crippen molar-refractivity contribution >= 4 is 0 Å². The number of benzene rings is 1. The number of hydrogen-bond acceptors (Lipinski definition) is 2. The third-order valence-electron chi connectivity index (χ3n) is 3.02. The smallest absolute Gasteiger partial charge is 0.128 e. The lowest BCUT2D eigenvalue weighted by molar-refractivity contribution is 0.793. The van der Waals surface area contributed by atoms with E-state index in [0.29, 0.717) is 0 Å². The second-order valence-electron chi connectivity index (χ2n) is 4.14. The summed E-state index contributed by atoms with van der Waals surface area (Å²) >= 11 is 0. The van der Waals surface area contributed by atoms with Crippen LogP contribution in [0.5, 0.6) is 0 Å². The summed E-state index contributed by atoms with van der Waals surface area (Å²) in [6, 6.07) is 9.89. The maximum Gasteiger partial charge on any atom is 0.128 e. The van der Waals surface area contributed by atoms with Crippen molar-refractivity contribution in [3.63, 3.8) is 0 Å². The van der Waals surface area contributed by atoms with Gasteiger partial charge in [-0.25, -0.2) is 4.98 Å². The molecule has 3 nitrogen and oxygen atoms in total. The van der Waals surface area contributed by atoms with Crippen molar-refractivity contribution in [2.75, 3.05) is 0 Å². The molecule has 17 heavy (non-hydrogen) atoms. The van der Waals surface area contributed by atoms with Gasteiger partial charge in [0.05, 0.1) is 11.7 Å². The lowest BCUT2D eigenvalue weighted by atomic mass is 10.1. The Bertz CT molecular complexity index is 452. The van der Waals surface area contributed by atoms with Crippen LogP contribution < -0.4 is 5.73 Å². The molecule has 0 saturated carbocycles. The van der Waals surface area contributed by atoms with E-state index in [2.05, 4.69) is 23.8 Å². The predicted molar refractivity (Wildman–Crippen MR) is 69.8 cm³/mol. The van der Waals surface area contributed by atoms with E-state index in [9.17, 15) is 0 Å². The highest BCUT2D eigenvalue weighted by Crippen LogP contribution is 2.19. The number of aryl methyl sites for hydroxylation is 2. The lowest BCUT2D eigenvalue weighted by Gasteiger charge is -2.08. The van der Waals surface area contributed by atoms with E-state index in [4.69, 9.17) is 5.73 Å². The maximum atomic E-state index is 6.21. The molecule has 0 saturated heterocycles. The summed E-state index contributed by atoms with van der Waals surface area (Å²) in [6.07, 6.45) is 1.92. The first-order chi connectivity index (χ1) is 8.26. The molecule has 0 radical (unpaired) electrons. The molecular formula is C14H19N3. The zero-order valence-corrected chi connectivity index (χ0v) is 10.4. The van der Waals surface area contributed by atoms with Gasteiger partial charge in [0.25, 0.3) is 0 Å². The third-order valence-corrected chi connectivity index (χ3v) is 3.02. The predicted octanol–water partition coefficient (Wildman–Crippen LogP) is 2.58. The van der Waals surface area contributed by atoms with Gasteiger partial charge in [-0.2, -0.15) is 0 Å². The van der Waals surface area contributed by atoms with Gasteiger partial charge >= 0.3 is 0 Å². The van der Waals surface area contributed by atoms with Gasteiger partial charge in [-0.15, -0.1) is 0 Å². The first-order valence-corrected chi connectivity index (χ1v) is 6.14. The van der Waals surface area contributed by atoms with Crippen molar-refractivity contribution in [2.24, 2.45) is 5.73 Å². The van der Waals surface area contributed by atoms with Gasteiger partial charge < -0.3 is 10.7 Å². The van der Waals surface area contributed by atoms with Crippen LogP contribution in [0, 0.1) is 0 Å². The number of rotatable bonds is 4. The van der Waals surface area contributed by atoms with Crippen LogP contribution in [-0.4, -0.2) is 9.97 Å². The summed E-state index contributed by atoms with van der Waals surface area (Å²) in [5, 5.41) is 0. The fourth-order valence-electron chi connectivity index (χ4n) is 2.02. The standard InChI is InChI=1S/C14H19N3/c1-3-11-12(4-2)17-14(16-11)13(15)10-8-6-5-7-9-10/h5-9,13H,3-4,15H2,1-2H3,(H,16,17)/t13-/m1/s1. The van der Waals surface area contributed by atoms with Crippen LogP contribution in [0.4, 0.5) is 0 Å². The van der Waals surface area contributed by atoms with Crippen molar-refractivity contribution in [1.29, 1.82) is 0 Å². The normalized spacial score (nSPS) is 12.6. The largest absolute Gasteiger partial charge is 0.344 e. The minimum Gasteiger partial charge on any atom is -0.344 e. The molecule has 1 atom stereocenters. The van der Waals surface area contributed by atoms with E-state index >= 15 is 0 Å². The molecule has 1 aromatic heterocycles. The summed E-state index contributed by atoms with van der Waals surface area (Å²) in [4.78, 5) is 7.94. The van der Waals surface area contributed by atoms with Crippen molar-refractivity contribution in [3.8, 4) is 0 Å². The van der Waals surface area contributed by atoms with E-state index in [-0.39, 0.29) is 6.04 Å². The van der Waals surface area contributed by atoms with Crippen molar-refractivity contribution < 1.29 is 0 Å². The molecule has 2 aromatic rings. The Labute approximate surface area is 102 Å². The number of hydrogen-bond donors (Lipinski definition) is 2. The molecule has 0 unspecified atom stereocenters. The monoisotopic (exact) mass is 229 g/mol. The molecule has 0 aliphatic heterocycles. The quantitative estimate of drug-likeness (QED) is 0.846. The lowest BCUT2D eigenvalue weighted by Crippen LogP contribution is -2.13. The molecule has 3 N–H and O–H groups in total. The molecule has 1 aromatic carbocycles. The zero-order valence-electron chi connectivity index (χ0n) is 10.4. The molecule has 0 spiro atoms. The van der Waals surface area contributed by atoms with Gasteiger partial charge in [-0.3, -0.25) is 0 Å². The Morgan fingerprint density at radius 2 is 1.88 bits per heavy atom. The van der Waals surface area contributed by atoms with Crippen molar-refractivity contribution in [2.45, 2.75) is 32.7 Å². The van der Waals surface area contributed by atoms with Gasteiger partial charge in [-0.05, 0) is 18.4 Å². The van der Waals surface area contributed by atoms with Gasteiger partial charge in [0, 0.05) is 5.69 Å². The number of nitrogens with zero attached hydrogens (tertiary/aromatic N) is 1. The number of aromatic amines is 1. The third kappa shape index (κ3) is 2.39. The summed E-state index contributed by atoms with van der Waals surface area (Å²) < 4.78 is 0. The number of nitrogens with one attached hydrogen (secondary N) is 1. The van der Waals surface area contributed by atoms with E-state index in [1.807, 2.05) is 30.3 Å². The van der Waals surface area contributed by atoms with E-state index in [0.717, 1.165) is 29.9 Å². The molecule has 0 aliphatic rings. The Kier molecular flexibility index (Phi) is 3.59. The van der Waals surface area contributed by atoms with Crippen LogP contribution in [-0.2, 0) is 12.8 Å². The molecule has 0 fully saturated rings. The number of imidazole rings is 1. The maximum absolute atomic E-state index is 6.21. The Balaban J connectivity index is 2.31. The Morgan fingerprint density at radius 3 is 2.41 bits per heavy atom. The second-order valence-corrected chi connectivity index (χ2v) is 4.14.